The molecule has 34 heavy (non-hydrogen) atoms. The van der Waals surface area contributed by atoms with E-state index in [9.17, 15) is 26.3 Å². The first-order chi connectivity index (χ1) is 16.7. The molecular formula is C27H15N7. The van der Waals surface area contributed by atoms with E-state index in [4.69, 9.17) is 0 Å². The summed E-state index contributed by atoms with van der Waals surface area (Å²) in [6.07, 6.45) is 0. The van der Waals surface area contributed by atoms with Crippen molar-refractivity contribution in [3.05, 3.63) is 101 Å². The van der Waals surface area contributed by atoms with Crippen LogP contribution in [0.2, 0.25) is 0 Å². The molecule has 0 radical (unpaired) electrons. The largest absolute Gasteiger partial charge is 0.354 e. The molecule has 158 valence electrons. The second-order valence-corrected chi connectivity index (χ2v) is 6.77. The average molecular weight is 437 g/mol. The maximum absolute atomic E-state index is 9.82. The molecule has 7 heteroatoms. The molecule has 0 aliphatic heterocycles. The minimum absolute atomic E-state index is 0.0965. The zero-order valence-corrected chi connectivity index (χ0v) is 17.7. The van der Waals surface area contributed by atoms with Crippen molar-refractivity contribution in [3.63, 3.8) is 0 Å². The van der Waals surface area contributed by atoms with E-state index in [1.54, 1.807) is 42.5 Å². The van der Waals surface area contributed by atoms with Gasteiger partial charge in [0.15, 0.2) is 0 Å². The first-order valence-corrected chi connectivity index (χ1v) is 9.93. The van der Waals surface area contributed by atoms with Crippen LogP contribution in [0.5, 0.6) is 0 Å². The van der Waals surface area contributed by atoms with Crippen molar-refractivity contribution in [2.24, 2.45) is 0 Å². The monoisotopic (exact) mass is 437 g/mol. The normalized spacial score (nSPS) is 9.03. The number of nitrogens with zero attached hydrogens (tertiary/aromatic N) is 5. The summed E-state index contributed by atoms with van der Waals surface area (Å²) in [5.41, 5.74) is 1.52. The molecule has 7 nitrogen and oxygen atoms in total. The van der Waals surface area contributed by atoms with E-state index in [0.29, 0.717) is 22.6 Å². The molecule has 0 atom stereocenters. The lowest BCUT2D eigenvalue weighted by Gasteiger charge is -2.20. The zero-order chi connectivity index (χ0) is 24.3. The number of hydrogen-bond donors (Lipinski definition) is 2. The van der Waals surface area contributed by atoms with Crippen LogP contribution >= 0.6 is 0 Å². The second-order valence-electron chi connectivity index (χ2n) is 6.77. The van der Waals surface area contributed by atoms with Crippen LogP contribution < -0.4 is 10.6 Å². The molecule has 0 aromatic heterocycles. The number of hydrogen-bond acceptors (Lipinski definition) is 7. The van der Waals surface area contributed by atoms with Crippen molar-refractivity contribution in [1.29, 1.82) is 26.3 Å². The highest BCUT2D eigenvalue weighted by molar-refractivity contribution is 5.99. The van der Waals surface area contributed by atoms with E-state index in [1.165, 1.54) is 0 Å². The highest BCUT2D eigenvalue weighted by atomic mass is 15.0. The quantitative estimate of drug-likeness (QED) is 0.364. The van der Waals surface area contributed by atoms with Gasteiger partial charge in [-0.2, -0.15) is 26.3 Å². The molecule has 0 heterocycles. The van der Waals surface area contributed by atoms with Crippen LogP contribution in [-0.4, -0.2) is 0 Å². The van der Waals surface area contributed by atoms with Crippen molar-refractivity contribution < 1.29 is 0 Å². The molecule has 0 saturated heterocycles. The number of nitriles is 5. The Morgan fingerprint density at radius 3 is 1.56 bits per heavy atom. The van der Waals surface area contributed by atoms with E-state index in [0.717, 1.165) is 5.69 Å². The van der Waals surface area contributed by atoms with Gasteiger partial charge in [-0.25, -0.2) is 0 Å². The lowest BCUT2D eigenvalue weighted by molar-refractivity contribution is 1.40. The van der Waals surface area contributed by atoms with Gasteiger partial charge in [-0.3, -0.25) is 0 Å². The highest BCUT2D eigenvalue weighted by Crippen LogP contribution is 2.40. The third-order valence-corrected chi connectivity index (χ3v) is 4.74. The summed E-state index contributed by atoms with van der Waals surface area (Å²) in [5.74, 6) is 0. The molecule has 0 fully saturated rings. The predicted molar refractivity (Wildman–Crippen MR) is 128 cm³/mol. The summed E-state index contributed by atoms with van der Waals surface area (Å²) in [4.78, 5) is 0. The van der Waals surface area contributed by atoms with Gasteiger partial charge < -0.3 is 10.6 Å². The second kappa shape index (κ2) is 11.0. The molecule has 3 aromatic carbocycles. The smallest absolute Gasteiger partial charge is 0.148 e. The SMILES string of the molecule is N#CC(C#N)=C(C#N)C(=C(C#N)C#N)c1cccc(Nc2ccccc2)c1Nc1ccccc1. The standard InChI is InChI=1S/C27H15N7/c28-14-19(15-29)24(18-32)26(20(16-30)17-31)23-12-7-13-25(33-21-8-3-1-4-9-21)27(23)34-22-10-5-2-6-11-22/h1-13,33-34H. The van der Waals surface area contributed by atoms with E-state index in [1.807, 2.05) is 66.7 Å². The number of anilines is 4. The fraction of sp³-hybridized carbons (Fsp3) is 0. The van der Waals surface area contributed by atoms with Gasteiger partial charge in [-0.05, 0) is 30.3 Å². The van der Waals surface area contributed by atoms with Crippen LogP contribution in [-0.2, 0) is 0 Å². The van der Waals surface area contributed by atoms with E-state index in [2.05, 4.69) is 10.6 Å². The summed E-state index contributed by atoms with van der Waals surface area (Å²) in [6, 6.07) is 32.5. The molecule has 2 N–H and O–H groups in total. The maximum atomic E-state index is 9.82. The van der Waals surface area contributed by atoms with Crippen LogP contribution in [0.25, 0.3) is 5.57 Å². The third kappa shape index (κ3) is 4.91. The molecule has 0 bridgehead atoms. The summed E-state index contributed by atoms with van der Waals surface area (Å²) in [6.45, 7) is 0. The van der Waals surface area contributed by atoms with Gasteiger partial charge in [0.05, 0.1) is 16.9 Å². The van der Waals surface area contributed by atoms with Crippen molar-refractivity contribution in [2.45, 2.75) is 0 Å². The van der Waals surface area contributed by atoms with Crippen LogP contribution in [0.1, 0.15) is 5.56 Å². The number of nitrogens with one attached hydrogen (secondary N) is 2. The highest BCUT2D eigenvalue weighted by Gasteiger charge is 2.23. The van der Waals surface area contributed by atoms with Gasteiger partial charge >= 0.3 is 0 Å². The van der Waals surface area contributed by atoms with Gasteiger partial charge in [0, 0.05) is 22.5 Å². The van der Waals surface area contributed by atoms with Crippen LogP contribution in [0.4, 0.5) is 22.7 Å². The minimum Gasteiger partial charge on any atom is -0.354 e. The van der Waals surface area contributed by atoms with Crippen molar-refractivity contribution in [3.8, 4) is 30.3 Å². The topological polar surface area (TPSA) is 143 Å². The van der Waals surface area contributed by atoms with E-state index >= 15 is 0 Å². The van der Waals surface area contributed by atoms with Gasteiger partial charge in [-0.1, -0.05) is 48.5 Å². The fourth-order valence-corrected chi connectivity index (χ4v) is 3.25. The predicted octanol–water partition coefficient (Wildman–Crippen LogP) is 5.84. The summed E-state index contributed by atoms with van der Waals surface area (Å²) in [7, 11) is 0. The van der Waals surface area contributed by atoms with Gasteiger partial charge in [0.2, 0.25) is 0 Å². The molecule has 3 aromatic rings. The average Bonchev–Trinajstić information content (AvgIpc) is 2.88. The molecule has 0 spiro atoms. The third-order valence-electron chi connectivity index (χ3n) is 4.74. The van der Waals surface area contributed by atoms with Crippen LogP contribution in [0, 0.1) is 56.7 Å². The number of para-hydroxylation sites is 3. The molecule has 0 aliphatic rings. The maximum Gasteiger partial charge on any atom is 0.148 e. The molecule has 0 saturated carbocycles. The number of allylic oxidation sites excluding steroid dienone is 4. The van der Waals surface area contributed by atoms with Crippen molar-refractivity contribution in [1.82, 2.24) is 0 Å². The van der Waals surface area contributed by atoms with E-state index < -0.39 is 11.1 Å². The van der Waals surface area contributed by atoms with E-state index in [-0.39, 0.29) is 11.1 Å². The Hall–Kier alpha value is -5.81. The Morgan fingerprint density at radius 1 is 0.529 bits per heavy atom. The number of benzene rings is 3. The Morgan fingerprint density at radius 2 is 1.06 bits per heavy atom. The Labute approximate surface area is 197 Å². The summed E-state index contributed by atoms with van der Waals surface area (Å²) >= 11 is 0. The lowest BCUT2D eigenvalue weighted by atomic mass is 9.89. The molecular weight excluding hydrogens is 422 g/mol. The fourth-order valence-electron chi connectivity index (χ4n) is 3.25. The summed E-state index contributed by atoms with van der Waals surface area (Å²) < 4.78 is 0. The Kier molecular flexibility index (Phi) is 7.39. The molecule has 0 aliphatic carbocycles. The number of rotatable bonds is 6. The van der Waals surface area contributed by atoms with Crippen LogP contribution in [0.3, 0.4) is 0 Å². The van der Waals surface area contributed by atoms with Crippen LogP contribution in [0.15, 0.2) is 95.6 Å². The van der Waals surface area contributed by atoms with Crippen molar-refractivity contribution in [2.75, 3.05) is 10.6 Å². The Balaban J connectivity index is 2.37. The lowest BCUT2D eigenvalue weighted by Crippen LogP contribution is -2.04. The Bertz CT molecular complexity index is 1450. The minimum atomic E-state index is -0.493. The van der Waals surface area contributed by atoms with Gasteiger partial charge in [0.25, 0.3) is 0 Å². The molecule has 0 unspecified atom stereocenters. The van der Waals surface area contributed by atoms with Gasteiger partial charge in [0.1, 0.15) is 41.5 Å². The first-order valence-electron chi connectivity index (χ1n) is 9.93. The summed E-state index contributed by atoms with van der Waals surface area (Å²) in [5, 5.41) is 54.5. The first kappa shape index (κ1) is 22.9. The molecule has 0 amide bonds. The zero-order valence-electron chi connectivity index (χ0n) is 17.7. The van der Waals surface area contributed by atoms with Crippen molar-refractivity contribution >= 4 is 28.3 Å². The van der Waals surface area contributed by atoms with Gasteiger partial charge in [-0.15, -0.1) is 0 Å². The molecule has 3 rings (SSSR count).